The van der Waals surface area contributed by atoms with Crippen LogP contribution >= 0.6 is 0 Å². The van der Waals surface area contributed by atoms with Crippen LogP contribution < -0.4 is 15.6 Å². The zero-order chi connectivity index (χ0) is 17.1. The van der Waals surface area contributed by atoms with Crippen LogP contribution in [-0.2, 0) is 19.6 Å². The minimum atomic E-state index is -3.96. The molecule has 0 unspecified atom stereocenters. The van der Waals surface area contributed by atoms with Crippen molar-refractivity contribution in [3.63, 3.8) is 0 Å². The number of aryl methyl sites for hydroxylation is 3. The van der Waals surface area contributed by atoms with Gasteiger partial charge in [-0.3, -0.25) is 15.0 Å². The van der Waals surface area contributed by atoms with Gasteiger partial charge in [-0.1, -0.05) is 17.7 Å². The molecule has 1 rings (SSSR count). The summed E-state index contributed by atoms with van der Waals surface area (Å²) in [5, 5.41) is 2.36. The highest BCUT2D eigenvalue weighted by Crippen LogP contribution is 2.21. The third kappa shape index (κ3) is 4.54. The third-order valence-corrected chi connectivity index (χ3v) is 4.35. The standard InChI is InChI=1S/C14H21N3O4S/c1-8(2)15-13(18)14(19)16-17-22(20,21)12-10(4)6-9(3)7-11(12)5/h6-8,17H,1-5H3,(H,15,18)(H,16,19). The van der Waals surface area contributed by atoms with Crippen LogP contribution in [0, 0.1) is 20.8 Å². The number of hydrazine groups is 1. The molecule has 0 bridgehead atoms. The Hall–Kier alpha value is -1.93. The molecule has 3 N–H and O–H groups in total. The first-order valence-corrected chi connectivity index (χ1v) is 8.23. The van der Waals surface area contributed by atoms with E-state index in [0.717, 1.165) is 5.56 Å². The highest BCUT2D eigenvalue weighted by atomic mass is 32.2. The van der Waals surface area contributed by atoms with E-state index in [9.17, 15) is 18.0 Å². The molecule has 0 aliphatic heterocycles. The van der Waals surface area contributed by atoms with Crippen LogP contribution in [-0.4, -0.2) is 26.3 Å². The highest BCUT2D eigenvalue weighted by Gasteiger charge is 2.22. The molecule has 0 saturated carbocycles. The van der Waals surface area contributed by atoms with E-state index in [1.165, 1.54) is 0 Å². The molecule has 7 nitrogen and oxygen atoms in total. The van der Waals surface area contributed by atoms with E-state index >= 15 is 0 Å². The van der Waals surface area contributed by atoms with Crippen molar-refractivity contribution < 1.29 is 18.0 Å². The summed E-state index contributed by atoms with van der Waals surface area (Å²) in [6.07, 6.45) is 0. The fraction of sp³-hybridized carbons (Fsp3) is 0.429. The number of carbonyl (C=O) groups excluding carboxylic acids is 2. The number of carbonyl (C=O) groups is 2. The summed E-state index contributed by atoms with van der Waals surface area (Å²) in [4.78, 5) is 25.0. The number of sulfonamides is 1. The van der Waals surface area contributed by atoms with E-state index in [-0.39, 0.29) is 10.9 Å². The van der Waals surface area contributed by atoms with Crippen LogP contribution in [0.25, 0.3) is 0 Å². The minimum absolute atomic E-state index is 0.0858. The van der Waals surface area contributed by atoms with Crippen molar-refractivity contribution in [3.8, 4) is 0 Å². The summed E-state index contributed by atoms with van der Waals surface area (Å²) in [5.74, 6) is -1.98. The van der Waals surface area contributed by atoms with Crippen molar-refractivity contribution in [3.05, 3.63) is 28.8 Å². The Morgan fingerprint density at radius 2 is 1.50 bits per heavy atom. The number of hydrogen-bond donors (Lipinski definition) is 3. The molecule has 0 saturated heterocycles. The van der Waals surface area contributed by atoms with Crippen molar-refractivity contribution in [2.75, 3.05) is 0 Å². The van der Waals surface area contributed by atoms with E-state index < -0.39 is 21.8 Å². The van der Waals surface area contributed by atoms with Gasteiger partial charge < -0.3 is 5.32 Å². The van der Waals surface area contributed by atoms with E-state index in [0.29, 0.717) is 11.1 Å². The van der Waals surface area contributed by atoms with E-state index in [1.54, 1.807) is 39.8 Å². The number of hydrogen-bond acceptors (Lipinski definition) is 4. The van der Waals surface area contributed by atoms with E-state index in [1.807, 2.05) is 17.2 Å². The molecule has 0 spiro atoms. The van der Waals surface area contributed by atoms with Crippen LogP contribution in [0.1, 0.15) is 30.5 Å². The molecular formula is C14H21N3O4S. The van der Waals surface area contributed by atoms with Gasteiger partial charge in [-0.2, -0.15) is 0 Å². The second-order valence-electron chi connectivity index (χ2n) is 5.42. The monoisotopic (exact) mass is 327 g/mol. The predicted octanol–water partition coefficient (Wildman–Crippen LogP) is 0.446. The van der Waals surface area contributed by atoms with Gasteiger partial charge in [0.1, 0.15) is 0 Å². The molecule has 1 aromatic carbocycles. The molecule has 0 aliphatic rings. The molecule has 0 aliphatic carbocycles. The summed E-state index contributed by atoms with van der Waals surface area (Å²) in [7, 11) is -3.96. The average Bonchev–Trinajstić information content (AvgIpc) is 2.33. The SMILES string of the molecule is Cc1cc(C)c(S(=O)(=O)NNC(=O)C(=O)NC(C)C)c(C)c1. The van der Waals surface area contributed by atoms with Gasteiger partial charge in [0.15, 0.2) is 0 Å². The van der Waals surface area contributed by atoms with Gasteiger partial charge in [-0.25, -0.2) is 8.42 Å². The zero-order valence-corrected chi connectivity index (χ0v) is 14.1. The largest absolute Gasteiger partial charge is 0.346 e. The van der Waals surface area contributed by atoms with E-state index in [2.05, 4.69) is 5.32 Å². The molecule has 0 radical (unpaired) electrons. The van der Waals surface area contributed by atoms with Gasteiger partial charge in [-0.15, -0.1) is 4.83 Å². The molecule has 0 heterocycles. The molecule has 22 heavy (non-hydrogen) atoms. The third-order valence-electron chi connectivity index (χ3n) is 2.80. The van der Waals surface area contributed by atoms with Crippen molar-refractivity contribution in [1.82, 2.24) is 15.6 Å². The van der Waals surface area contributed by atoms with Crippen LogP contribution in [0.5, 0.6) is 0 Å². The lowest BCUT2D eigenvalue weighted by molar-refractivity contribution is -0.139. The summed E-state index contributed by atoms with van der Waals surface area (Å²) < 4.78 is 24.6. The van der Waals surface area contributed by atoms with Crippen LogP contribution in [0.3, 0.4) is 0 Å². The number of benzene rings is 1. The Kier molecular flexibility index (Phi) is 5.67. The van der Waals surface area contributed by atoms with Crippen molar-refractivity contribution in [1.29, 1.82) is 0 Å². The van der Waals surface area contributed by atoms with Gasteiger partial charge in [-0.05, 0) is 45.7 Å². The van der Waals surface area contributed by atoms with Gasteiger partial charge >= 0.3 is 11.8 Å². The summed E-state index contributed by atoms with van der Waals surface area (Å²) in [6.45, 7) is 8.58. The number of amides is 2. The topological polar surface area (TPSA) is 104 Å². The Bertz CT molecular complexity index is 673. The first kappa shape index (κ1) is 18.1. The minimum Gasteiger partial charge on any atom is -0.346 e. The smallest absolute Gasteiger partial charge is 0.324 e. The normalized spacial score (nSPS) is 11.4. The molecule has 0 aromatic heterocycles. The molecule has 122 valence electrons. The number of nitrogens with one attached hydrogen (secondary N) is 3. The second kappa shape index (κ2) is 6.89. The van der Waals surface area contributed by atoms with Crippen LogP contribution in [0.2, 0.25) is 0 Å². The first-order valence-electron chi connectivity index (χ1n) is 6.75. The van der Waals surface area contributed by atoms with Crippen LogP contribution in [0.4, 0.5) is 0 Å². The Labute approximate surface area is 130 Å². The van der Waals surface area contributed by atoms with Crippen LogP contribution in [0.15, 0.2) is 17.0 Å². The lowest BCUT2D eigenvalue weighted by atomic mass is 10.1. The van der Waals surface area contributed by atoms with Crippen molar-refractivity contribution in [2.24, 2.45) is 0 Å². The zero-order valence-electron chi connectivity index (χ0n) is 13.3. The van der Waals surface area contributed by atoms with Gasteiger partial charge in [0, 0.05) is 6.04 Å². The van der Waals surface area contributed by atoms with Crippen molar-refractivity contribution in [2.45, 2.75) is 45.6 Å². The second-order valence-corrected chi connectivity index (χ2v) is 7.03. The lowest BCUT2D eigenvalue weighted by Gasteiger charge is -2.14. The Morgan fingerprint density at radius 3 is 1.95 bits per heavy atom. The maximum atomic E-state index is 12.3. The first-order chi connectivity index (χ1) is 10.0. The molecule has 1 aromatic rings. The maximum absolute atomic E-state index is 12.3. The quantitative estimate of drug-likeness (QED) is 0.551. The van der Waals surface area contributed by atoms with Gasteiger partial charge in [0.05, 0.1) is 4.90 Å². The summed E-state index contributed by atoms with van der Waals surface area (Å²) in [5.41, 5.74) is 3.97. The molecule has 0 atom stereocenters. The Morgan fingerprint density at radius 1 is 1.00 bits per heavy atom. The van der Waals surface area contributed by atoms with E-state index in [4.69, 9.17) is 0 Å². The molecule has 8 heteroatoms. The van der Waals surface area contributed by atoms with Gasteiger partial charge in [0.2, 0.25) is 0 Å². The molecule has 0 fully saturated rings. The molecular weight excluding hydrogens is 306 g/mol. The van der Waals surface area contributed by atoms with Gasteiger partial charge in [0.25, 0.3) is 10.0 Å². The molecule has 2 amide bonds. The predicted molar refractivity (Wildman–Crippen MR) is 82.4 cm³/mol. The lowest BCUT2D eigenvalue weighted by Crippen LogP contribution is -2.49. The highest BCUT2D eigenvalue weighted by molar-refractivity contribution is 7.89. The summed E-state index contributed by atoms with van der Waals surface area (Å²) >= 11 is 0. The fourth-order valence-electron chi connectivity index (χ4n) is 2.14. The summed E-state index contributed by atoms with van der Waals surface area (Å²) in [6, 6.07) is 3.24. The maximum Gasteiger partial charge on any atom is 0.324 e. The average molecular weight is 327 g/mol. The Balaban J connectivity index is 2.90. The fourth-order valence-corrected chi connectivity index (χ4v) is 3.43. The van der Waals surface area contributed by atoms with Crippen molar-refractivity contribution >= 4 is 21.8 Å². The number of rotatable bonds is 4.